The standard InChI is InChI=1S/C11H25NO2S/c1-6-10(4)11(12-5)8-15(13,14)7-9(2)3/h9-12H,6-8H2,1-5H3. The molecule has 0 spiro atoms. The summed E-state index contributed by atoms with van der Waals surface area (Å²) in [7, 11) is -1.07. The molecule has 0 heterocycles. The summed E-state index contributed by atoms with van der Waals surface area (Å²) in [4.78, 5) is 0. The van der Waals surface area contributed by atoms with E-state index >= 15 is 0 Å². The van der Waals surface area contributed by atoms with Crippen molar-refractivity contribution in [2.45, 2.75) is 40.2 Å². The number of hydrogen-bond donors (Lipinski definition) is 1. The summed E-state index contributed by atoms with van der Waals surface area (Å²) < 4.78 is 23.6. The van der Waals surface area contributed by atoms with E-state index < -0.39 is 9.84 Å². The monoisotopic (exact) mass is 235 g/mol. The molecule has 0 aliphatic heterocycles. The van der Waals surface area contributed by atoms with Gasteiger partial charge in [0.2, 0.25) is 0 Å². The maximum atomic E-state index is 11.8. The Kier molecular flexibility index (Phi) is 6.44. The topological polar surface area (TPSA) is 46.2 Å². The van der Waals surface area contributed by atoms with E-state index in [1.165, 1.54) is 0 Å². The van der Waals surface area contributed by atoms with Gasteiger partial charge < -0.3 is 5.32 Å². The first-order valence-electron chi connectivity index (χ1n) is 5.70. The molecule has 0 fully saturated rings. The molecule has 0 saturated heterocycles. The molecule has 0 aromatic heterocycles. The first kappa shape index (κ1) is 14.9. The molecule has 0 saturated carbocycles. The van der Waals surface area contributed by atoms with Crippen LogP contribution in [0.15, 0.2) is 0 Å². The highest BCUT2D eigenvalue weighted by Gasteiger charge is 2.22. The average Bonchev–Trinajstić information content (AvgIpc) is 2.11. The van der Waals surface area contributed by atoms with Crippen molar-refractivity contribution in [2.24, 2.45) is 11.8 Å². The number of rotatable bonds is 7. The van der Waals surface area contributed by atoms with Gasteiger partial charge in [-0.25, -0.2) is 8.42 Å². The van der Waals surface area contributed by atoms with Crippen LogP contribution in [0.2, 0.25) is 0 Å². The molecule has 0 amide bonds. The van der Waals surface area contributed by atoms with Crippen molar-refractivity contribution in [3.05, 3.63) is 0 Å². The van der Waals surface area contributed by atoms with Crippen molar-refractivity contribution in [2.75, 3.05) is 18.6 Å². The SMILES string of the molecule is CCC(C)C(CS(=O)(=O)CC(C)C)NC. The van der Waals surface area contributed by atoms with Crippen LogP contribution in [0.5, 0.6) is 0 Å². The van der Waals surface area contributed by atoms with E-state index in [1.807, 2.05) is 20.9 Å². The van der Waals surface area contributed by atoms with Crippen LogP contribution < -0.4 is 5.32 Å². The van der Waals surface area contributed by atoms with Gasteiger partial charge in [0.05, 0.1) is 11.5 Å². The van der Waals surface area contributed by atoms with E-state index in [0.29, 0.717) is 11.7 Å². The Morgan fingerprint density at radius 2 is 1.67 bits per heavy atom. The summed E-state index contributed by atoms with van der Waals surface area (Å²) in [5.41, 5.74) is 0. The van der Waals surface area contributed by atoms with Gasteiger partial charge in [0.15, 0.2) is 9.84 Å². The molecule has 15 heavy (non-hydrogen) atoms. The second kappa shape index (κ2) is 6.48. The zero-order valence-corrected chi connectivity index (χ0v) is 11.4. The molecule has 0 aromatic carbocycles. The van der Waals surface area contributed by atoms with E-state index in [2.05, 4.69) is 19.2 Å². The molecule has 3 nitrogen and oxygen atoms in total. The summed E-state index contributed by atoms with van der Waals surface area (Å²) in [5, 5.41) is 3.10. The van der Waals surface area contributed by atoms with Crippen LogP contribution in [0.1, 0.15) is 34.1 Å². The van der Waals surface area contributed by atoms with Crippen molar-refractivity contribution in [1.82, 2.24) is 5.32 Å². The van der Waals surface area contributed by atoms with Gasteiger partial charge in [0.25, 0.3) is 0 Å². The molecule has 2 unspecified atom stereocenters. The number of nitrogens with one attached hydrogen (secondary N) is 1. The Morgan fingerprint density at radius 1 is 1.13 bits per heavy atom. The van der Waals surface area contributed by atoms with Crippen molar-refractivity contribution in [3.63, 3.8) is 0 Å². The molecule has 0 bridgehead atoms. The minimum absolute atomic E-state index is 0.0822. The lowest BCUT2D eigenvalue weighted by Gasteiger charge is -2.22. The Balaban J connectivity index is 4.41. The largest absolute Gasteiger partial charge is 0.316 e. The van der Waals surface area contributed by atoms with Gasteiger partial charge in [-0.05, 0) is 18.9 Å². The highest BCUT2D eigenvalue weighted by atomic mass is 32.2. The molecular weight excluding hydrogens is 210 g/mol. The maximum absolute atomic E-state index is 11.8. The van der Waals surface area contributed by atoms with Crippen LogP contribution in [0.3, 0.4) is 0 Å². The molecule has 4 heteroatoms. The lowest BCUT2D eigenvalue weighted by atomic mass is 10.0. The van der Waals surface area contributed by atoms with E-state index in [1.54, 1.807) is 0 Å². The van der Waals surface area contributed by atoms with Crippen LogP contribution in [0.4, 0.5) is 0 Å². The predicted octanol–water partition coefficient (Wildman–Crippen LogP) is 1.69. The fourth-order valence-electron chi connectivity index (χ4n) is 1.67. The zero-order valence-electron chi connectivity index (χ0n) is 10.6. The van der Waals surface area contributed by atoms with Crippen LogP contribution >= 0.6 is 0 Å². The van der Waals surface area contributed by atoms with Crippen molar-refractivity contribution in [1.29, 1.82) is 0 Å². The lowest BCUT2D eigenvalue weighted by molar-refractivity contribution is 0.413. The van der Waals surface area contributed by atoms with E-state index in [4.69, 9.17) is 0 Å². The second-order valence-corrected chi connectivity index (χ2v) is 6.91. The van der Waals surface area contributed by atoms with Gasteiger partial charge in [-0.1, -0.05) is 34.1 Å². The predicted molar refractivity (Wildman–Crippen MR) is 65.8 cm³/mol. The second-order valence-electron chi connectivity index (χ2n) is 4.75. The number of sulfone groups is 1. The molecular formula is C11H25NO2S. The third-order valence-electron chi connectivity index (χ3n) is 2.72. The average molecular weight is 235 g/mol. The van der Waals surface area contributed by atoms with Crippen LogP contribution in [-0.2, 0) is 9.84 Å². The van der Waals surface area contributed by atoms with Gasteiger partial charge in [0, 0.05) is 6.04 Å². The van der Waals surface area contributed by atoms with Gasteiger partial charge in [0.1, 0.15) is 0 Å². The molecule has 92 valence electrons. The lowest BCUT2D eigenvalue weighted by Crippen LogP contribution is -2.39. The fraction of sp³-hybridized carbons (Fsp3) is 1.00. The van der Waals surface area contributed by atoms with E-state index in [9.17, 15) is 8.42 Å². The van der Waals surface area contributed by atoms with Crippen molar-refractivity contribution in [3.8, 4) is 0 Å². The van der Waals surface area contributed by atoms with Gasteiger partial charge in [-0.15, -0.1) is 0 Å². The summed E-state index contributed by atoms with van der Waals surface area (Å²) in [6.07, 6.45) is 1.00. The quantitative estimate of drug-likeness (QED) is 0.730. The smallest absolute Gasteiger partial charge is 0.152 e. The van der Waals surface area contributed by atoms with Crippen LogP contribution in [0, 0.1) is 11.8 Å². The first-order chi connectivity index (χ1) is 6.82. The summed E-state index contributed by atoms with van der Waals surface area (Å²) >= 11 is 0. The minimum Gasteiger partial charge on any atom is -0.316 e. The highest BCUT2D eigenvalue weighted by Crippen LogP contribution is 2.11. The first-order valence-corrected chi connectivity index (χ1v) is 7.52. The van der Waals surface area contributed by atoms with E-state index in [0.717, 1.165) is 6.42 Å². The van der Waals surface area contributed by atoms with Crippen LogP contribution in [-0.4, -0.2) is 33.0 Å². The fourth-order valence-corrected chi connectivity index (χ4v) is 3.86. The minimum atomic E-state index is -2.91. The summed E-state index contributed by atoms with van der Waals surface area (Å²) in [6.45, 7) is 8.06. The Morgan fingerprint density at radius 3 is 2.00 bits per heavy atom. The van der Waals surface area contributed by atoms with Gasteiger partial charge in [-0.3, -0.25) is 0 Å². The third-order valence-corrected chi connectivity index (χ3v) is 4.76. The molecule has 0 aromatic rings. The Bertz CT molecular complexity index is 260. The van der Waals surface area contributed by atoms with Crippen molar-refractivity contribution >= 4 is 9.84 Å². The van der Waals surface area contributed by atoms with Gasteiger partial charge >= 0.3 is 0 Å². The third kappa shape index (κ3) is 6.15. The van der Waals surface area contributed by atoms with E-state index in [-0.39, 0.29) is 17.7 Å². The molecule has 0 aliphatic carbocycles. The maximum Gasteiger partial charge on any atom is 0.152 e. The molecule has 0 rings (SSSR count). The molecule has 2 atom stereocenters. The Hall–Kier alpha value is -0.0900. The van der Waals surface area contributed by atoms with Crippen LogP contribution in [0.25, 0.3) is 0 Å². The van der Waals surface area contributed by atoms with Gasteiger partial charge in [-0.2, -0.15) is 0 Å². The zero-order chi connectivity index (χ0) is 12.1. The highest BCUT2D eigenvalue weighted by molar-refractivity contribution is 7.91. The van der Waals surface area contributed by atoms with Crippen molar-refractivity contribution < 1.29 is 8.42 Å². The summed E-state index contributed by atoms with van der Waals surface area (Å²) in [5.74, 6) is 1.17. The number of hydrogen-bond acceptors (Lipinski definition) is 3. The molecule has 0 aliphatic rings. The molecule has 0 radical (unpaired) electrons. The normalized spacial score (nSPS) is 16.7. The molecule has 1 N–H and O–H groups in total. The summed E-state index contributed by atoms with van der Waals surface area (Å²) in [6, 6.07) is 0.0822. The Labute approximate surface area is 94.6 Å².